The molecule has 0 radical (unpaired) electrons. The number of hydrogen-bond acceptors (Lipinski definition) is 2. The number of rotatable bonds is 4. The molecular formula is C18H24FN4S+. The molecule has 128 valence electrons. The summed E-state index contributed by atoms with van der Waals surface area (Å²) < 4.78 is 19.0. The highest BCUT2D eigenvalue weighted by Gasteiger charge is 2.30. The second-order valence-electron chi connectivity index (χ2n) is 7.28. The molecule has 4 nitrogen and oxygen atoms in total. The zero-order valence-electron chi connectivity index (χ0n) is 14.0. The number of benzene rings is 1. The highest BCUT2D eigenvalue weighted by Crippen LogP contribution is 2.38. The topological polar surface area (TPSA) is 27.2 Å². The van der Waals surface area contributed by atoms with E-state index < -0.39 is 0 Å². The second-order valence-corrected chi connectivity index (χ2v) is 7.64. The molecule has 1 N–H and O–H groups in total. The number of aromatic nitrogens is 3. The predicted octanol–water partition coefficient (Wildman–Crippen LogP) is 2.83. The highest BCUT2D eigenvalue weighted by atomic mass is 32.1. The lowest BCUT2D eigenvalue weighted by atomic mass is 10.00. The van der Waals surface area contributed by atoms with Gasteiger partial charge in [-0.25, -0.2) is 4.39 Å². The third-order valence-corrected chi connectivity index (χ3v) is 5.66. The van der Waals surface area contributed by atoms with Crippen LogP contribution in [0.3, 0.4) is 0 Å². The Bertz CT molecular complexity index is 785. The largest absolute Gasteiger partial charge is 0.316 e. The lowest BCUT2D eigenvalue weighted by Gasteiger charge is -2.26. The van der Waals surface area contributed by atoms with Gasteiger partial charge in [0, 0.05) is 6.04 Å². The summed E-state index contributed by atoms with van der Waals surface area (Å²) in [6.07, 6.45) is 4.73. The van der Waals surface area contributed by atoms with Gasteiger partial charge in [-0.2, -0.15) is 4.68 Å². The second kappa shape index (κ2) is 6.41. The van der Waals surface area contributed by atoms with Gasteiger partial charge in [0.15, 0.2) is 12.5 Å². The van der Waals surface area contributed by atoms with Crippen molar-refractivity contribution in [1.82, 2.24) is 14.3 Å². The molecule has 0 unspecified atom stereocenters. The molecule has 2 heterocycles. The van der Waals surface area contributed by atoms with Gasteiger partial charge in [0.1, 0.15) is 5.82 Å². The van der Waals surface area contributed by atoms with E-state index in [9.17, 15) is 4.39 Å². The summed E-state index contributed by atoms with van der Waals surface area (Å²) in [5.41, 5.74) is 0.552. The Morgan fingerprint density at radius 2 is 1.92 bits per heavy atom. The molecule has 4 rings (SSSR count). The zero-order valence-corrected chi connectivity index (χ0v) is 14.9. The predicted molar refractivity (Wildman–Crippen MR) is 93.8 cm³/mol. The maximum Gasteiger partial charge on any atom is 0.203 e. The molecule has 2 aromatic rings. The van der Waals surface area contributed by atoms with Crippen LogP contribution in [-0.2, 0) is 6.67 Å². The normalized spacial score (nSPS) is 24.2. The summed E-state index contributed by atoms with van der Waals surface area (Å²) in [5, 5.41) is 4.73. The van der Waals surface area contributed by atoms with Crippen LogP contribution in [-0.4, -0.2) is 27.4 Å². The van der Waals surface area contributed by atoms with E-state index in [4.69, 9.17) is 17.3 Å². The molecule has 1 aliphatic carbocycles. The summed E-state index contributed by atoms with van der Waals surface area (Å²) in [5.74, 6) is 1.27. The van der Waals surface area contributed by atoms with Crippen molar-refractivity contribution in [2.75, 3.05) is 13.1 Å². The van der Waals surface area contributed by atoms with Crippen LogP contribution in [0, 0.1) is 16.5 Å². The Morgan fingerprint density at radius 1 is 1.21 bits per heavy atom. The molecule has 0 bridgehead atoms. The van der Waals surface area contributed by atoms with Crippen LogP contribution in [0.25, 0.3) is 11.4 Å². The van der Waals surface area contributed by atoms with Crippen LogP contribution in [0.2, 0.25) is 0 Å². The van der Waals surface area contributed by atoms with Gasteiger partial charge in [0.25, 0.3) is 0 Å². The van der Waals surface area contributed by atoms with E-state index in [-0.39, 0.29) is 5.82 Å². The molecule has 6 heteroatoms. The van der Waals surface area contributed by atoms with E-state index in [0.29, 0.717) is 17.4 Å². The number of nitrogens with one attached hydrogen (secondary N) is 1. The van der Waals surface area contributed by atoms with Crippen molar-refractivity contribution < 1.29 is 9.29 Å². The van der Waals surface area contributed by atoms with E-state index in [1.54, 1.807) is 12.1 Å². The average molecular weight is 347 g/mol. The molecule has 1 saturated heterocycles. The summed E-state index contributed by atoms with van der Waals surface area (Å²) in [4.78, 5) is 1.52. The summed E-state index contributed by atoms with van der Waals surface area (Å²) in [6, 6.07) is 7.24. The first-order chi connectivity index (χ1) is 11.6. The Hall–Kier alpha value is -1.53. The highest BCUT2D eigenvalue weighted by molar-refractivity contribution is 7.71. The minimum Gasteiger partial charge on any atom is -0.316 e. The fraction of sp³-hybridized carbons (Fsp3) is 0.556. The van der Waals surface area contributed by atoms with E-state index in [1.165, 1.54) is 23.8 Å². The monoisotopic (exact) mass is 347 g/mol. The van der Waals surface area contributed by atoms with Crippen LogP contribution in [0.15, 0.2) is 24.3 Å². The number of quaternary nitrogens is 1. The minimum atomic E-state index is -0.231. The summed E-state index contributed by atoms with van der Waals surface area (Å²) in [6.45, 7) is 5.43. The van der Waals surface area contributed by atoms with Crippen molar-refractivity contribution in [2.24, 2.45) is 5.92 Å². The Balaban J connectivity index is 1.68. The lowest BCUT2D eigenvalue weighted by molar-refractivity contribution is -0.929. The molecule has 24 heavy (non-hydrogen) atoms. The fourth-order valence-electron chi connectivity index (χ4n) is 3.55. The molecule has 1 aromatic carbocycles. The van der Waals surface area contributed by atoms with Gasteiger partial charge in [0.05, 0.1) is 18.7 Å². The number of piperidine rings is 1. The maximum atomic E-state index is 14.3. The molecule has 0 spiro atoms. The van der Waals surface area contributed by atoms with Gasteiger partial charge < -0.3 is 4.90 Å². The molecule has 1 saturated carbocycles. The van der Waals surface area contributed by atoms with Gasteiger partial charge in [-0.15, -0.1) is 5.10 Å². The first-order valence-electron chi connectivity index (χ1n) is 8.91. The third-order valence-electron chi connectivity index (χ3n) is 5.25. The average Bonchev–Trinajstić information content (AvgIpc) is 3.36. The quantitative estimate of drug-likeness (QED) is 0.861. The van der Waals surface area contributed by atoms with Crippen molar-refractivity contribution >= 4 is 12.2 Å². The minimum absolute atomic E-state index is 0.231. The van der Waals surface area contributed by atoms with Gasteiger partial charge in [-0.05, 0) is 56.0 Å². The first-order valence-corrected chi connectivity index (χ1v) is 9.32. The van der Waals surface area contributed by atoms with Crippen molar-refractivity contribution in [3.05, 3.63) is 34.9 Å². The van der Waals surface area contributed by atoms with E-state index in [0.717, 1.165) is 43.3 Å². The number of likely N-dealkylation sites (tertiary alicyclic amines) is 1. The number of hydrogen-bond donors (Lipinski definition) is 1. The Morgan fingerprint density at radius 3 is 2.58 bits per heavy atom. The molecule has 2 aliphatic rings. The molecular weight excluding hydrogens is 323 g/mol. The van der Waals surface area contributed by atoms with Crippen molar-refractivity contribution in [2.45, 2.75) is 45.3 Å². The zero-order chi connectivity index (χ0) is 16.7. The lowest BCUT2D eigenvalue weighted by Crippen LogP contribution is -3.12. The molecule has 1 aromatic heterocycles. The molecule has 1 aliphatic heterocycles. The standard InChI is InChI=1S/C18H23FN4S/c1-13-8-10-21(11-9-13)12-22-18(24)23(14-6-7-14)17(20-22)15-4-2-3-5-16(15)19/h2-5,13-14H,6-12H2,1H3/p+1. The van der Waals surface area contributed by atoms with E-state index >= 15 is 0 Å². The van der Waals surface area contributed by atoms with Crippen LogP contribution >= 0.6 is 12.2 Å². The maximum absolute atomic E-state index is 14.3. The van der Waals surface area contributed by atoms with Crippen molar-refractivity contribution in [1.29, 1.82) is 0 Å². The van der Waals surface area contributed by atoms with Gasteiger partial charge >= 0.3 is 0 Å². The van der Waals surface area contributed by atoms with E-state index in [1.807, 2.05) is 10.7 Å². The third kappa shape index (κ3) is 3.05. The van der Waals surface area contributed by atoms with Crippen LogP contribution < -0.4 is 4.90 Å². The van der Waals surface area contributed by atoms with Gasteiger partial charge in [0.2, 0.25) is 4.77 Å². The summed E-state index contributed by atoms with van der Waals surface area (Å²) in [7, 11) is 0. The van der Waals surface area contributed by atoms with Crippen LogP contribution in [0.4, 0.5) is 4.39 Å². The molecule has 2 fully saturated rings. The van der Waals surface area contributed by atoms with Gasteiger partial charge in [-0.3, -0.25) is 4.57 Å². The van der Waals surface area contributed by atoms with Gasteiger partial charge in [-0.1, -0.05) is 19.1 Å². The Kier molecular flexibility index (Phi) is 4.26. The summed E-state index contributed by atoms with van der Waals surface area (Å²) >= 11 is 5.69. The van der Waals surface area contributed by atoms with E-state index in [2.05, 4.69) is 11.5 Å². The van der Waals surface area contributed by atoms with Crippen LogP contribution in [0.5, 0.6) is 0 Å². The number of nitrogens with zero attached hydrogens (tertiary/aromatic N) is 3. The fourth-order valence-corrected chi connectivity index (χ4v) is 3.89. The first kappa shape index (κ1) is 16.0. The molecule has 0 amide bonds. The number of halogens is 1. The van der Waals surface area contributed by atoms with Crippen LogP contribution in [0.1, 0.15) is 38.6 Å². The Labute approximate surface area is 146 Å². The van der Waals surface area contributed by atoms with Crippen molar-refractivity contribution in [3.63, 3.8) is 0 Å². The van der Waals surface area contributed by atoms with Crippen molar-refractivity contribution in [3.8, 4) is 11.4 Å². The SMILES string of the molecule is CC1CC[NH+](Cn2nc(-c3ccccc3F)n(C3CC3)c2=S)CC1. The smallest absolute Gasteiger partial charge is 0.203 e. The molecule has 0 atom stereocenters.